The van der Waals surface area contributed by atoms with Crippen LogP contribution in [-0.4, -0.2) is 20.1 Å². The second-order valence-electron chi connectivity index (χ2n) is 39.0. The summed E-state index contributed by atoms with van der Waals surface area (Å²) in [5.74, 6) is 10.6. The maximum absolute atomic E-state index is 6.65. The van der Waals surface area contributed by atoms with Crippen LogP contribution in [0, 0.1) is 0 Å². The molecule has 0 atom stereocenters. The number of hydrogen-bond donors (Lipinski definition) is 0. The SMILES string of the molecule is c1ccc(C2(c3ccccc3)c3ccccc3-c3c2cc(-c2ccc4c(c2)B2c5ccccc5Oc5cccc(c52)O4)c2ccccc32)cc1.c1ccc2c(c1)Oc1cccc3c1B2c1cc(-c2ccc4c(c2)C2(c5ccccc5-c5ccccc52)c2ccccc2-4)ccc1O3.c1ccc2c(c1)Oc1cccc3c1B2c1ccc(-c2ccc4c(c2)C2(c5ccccc5-c5ccccc52)c2ccccc2-4)cc1O3. The molecule has 33 rings (SSSR count). The Labute approximate surface area is 822 Å². The first kappa shape index (κ1) is 79.2. The minimum absolute atomic E-state index is 0.00697. The van der Waals surface area contributed by atoms with E-state index in [2.05, 4.69) is 437 Å². The van der Waals surface area contributed by atoms with Crippen molar-refractivity contribution in [3.8, 4) is 158 Å². The van der Waals surface area contributed by atoms with Crippen LogP contribution in [0.1, 0.15) is 66.8 Å². The van der Waals surface area contributed by atoms with Gasteiger partial charge in [-0.1, -0.05) is 388 Å². The summed E-state index contributed by atoms with van der Waals surface area (Å²) < 4.78 is 38.9. The molecule has 0 N–H and O–H groups in total. The van der Waals surface area contributed by atoms with E-state index in [9.17, 15) is 0 Å². The van der Waals surface area contributed by atoms with E-state index in [-0.39, 0.29) is 31.0 Å². The molecule has 6 heterocycles. The van der Waals surface area contributed by atoms with Gasteiger partial charge in [-0.05, 0) is 290 Å². The number of ether oxygens (including phenoxy) is 6. The van der Waals surface area contributed by atoms with Crippen LogP contribution in [0.3, 0.4) is 0 Å². The van der Waals surface area contributed by atoms with Gasteiger partial charge in [0.05, 0.1) is 16.2 Å². The number of benzene rings is 22. The number of para-hydroxylation sites is 3. The lowest BCUT2D eigenvalue weighted by Gasteiger charge is -2.34. The van der Waals surface area contributed by atoms with Crippen LogP contribution in [0.15, 0.2) is 479 Å². The molecule has 0 fully saturated rings. The van der Waals surface area contributed by atoms with E-state index < -0.39 is 5.41 Å². The fraction of sp³-hybridized carbons (Fsp3) is 0.0226. The summed E-state index contributed by atoms with van der Waals surface area (Å²) in [7, 11) is 0. The predicted octanol–water partition coefficient (Wildman–Crippen LogP) is 26.4. The van der Waals surface area contributed by atoms with Crippen molar-refractivity contribution in [2.75, 3.05) is 0 Å². The fourth-order valence-corrected chi connectivity index (χ4v) is 26.8. The molecule has 9 heteroatoms. The maximum atomic E-state index is 6.65. The Morgan fingerprint density at radius 1 is 0.141 bits per heavy atom. The molecule has 142 heavy (non-hydrogen) atoms. The summed E-state index contributed by atoms with van der Waals surface area (Å²) >= 11 is 0. The van der Waals surface area contributed by atoms with Crippen LogP contribution in [0.4, 0.5) is 0 Å². The van der Waals surface area contributed by atoms with Gasteiger partial charge in [-0.3, -0.25) is 0 Å². The van der Waals surface area contributed by atoms with E-state index in [1.54, 1.807) is 0 Å². The summed E-state index contributed by atoms with van der Waals surface area (Å²) in [5, 5.41) is 2.50. The van der Waals surface area contributed by atoms with Crippen molar-refractivity contribution in [1.82, 2.24) is 0 Å². The van der Waals surface area contributed by atoms with Crippen molar-refractivity contribution in [3.05, 3.63) is 546 Å². The molecule has 0 saturated heterocycles. The molecule has 0 saturated carbocycles. The van der Waals surface area contributed by atoms with Crippen LogP contribution in [-0.2, 0) is 16.2 Å². The Hall–Kier alpha value is -17.9. The van der Waals surface area contributed by atoms with E-state index in [1.807, 2.05) is 42.5 Å². The van der Waals surface area contributed by atoms with Gasteiger partial charge in [0.25, 0.3) is 20.1 Å². The van der Waals surface area contributed by atoms with Crippen molar-refractivity contribution in [2.45, 2.75) is 16.2 Å². The molecular formula is C133H79B3O6. The first-order valence-electron chi connectivity index (χ1n) is 49.2. The summed E-state index contributed by atoms with van der Waals surface area (Å²) in [4.78, 5) is 0. The molecule has 6 nitrogen and oxygen atoms in total. The quantitative estimate of drug-likeness (QED) is 0.160. The average molecular weight is 1810 g/mol. The molecule has 22 aromatic carbocycles. The van der Waals surface area contributed by atoms with Crippen molar-refractivity contribution < 1.29 is 28.4 Å². The van der Waals surface area contributed by atoms with Crippen molar-refractivity contribution >= 4 is 80.1 Å². The third kappa shape index (κ3) is 10.9. The predicted molar refractivity (Wildman–Crippen MR) is 576 cm³/mol. The first-order chi connectivity index (χ1) is 70.4. The van der Waals surface area contributed by atoms with Crippen molar-refractivity contribution in [2.24, 2.45) is 0 Å². The van der Waals surface area contributed by atoms with Crippen molar-refractivity contribution in [1.29, 1.82) is 0 Å². The summed E-state index contributed by atoms with van der Waals surface area (Å²) in [6, 6.07) is 174. The van der Waals surface area contributed by atoms with Gasteiger partial charge in [-0.2, -0.15) is 0 Å². The summed E-state index contributed by atoms with van der Waals surface area (Å²) in [5.41, 5.74) is 45.4. The van der Waals surface area contributed by atoms with Crippen LogP contribution in [0.25, 0.3) is 99.8 Å². The molecule has 0 aromatic heterocycles. The molecule has 656 valence electrons. The summed E-state index contributed by atoms with van der Waals surface area (Å²) in [6.45, 7) is 0.115. The lowest BCUT2D eigenvalue weighted by Crippen LogP contribution is -2.57. The fourth-order valence-electron chi connectivity index (χ4n) is 26.8. The zero-order valence-corrected chi connectivity index (χ0v) is 76.8. The smallest absolute Gasteiger partial charge is 0.260 e. The molecule has 2 spiro atoms. The molecule has 0 amide bonds. The van der Waals surface area contributed by atoms with Crippen molar-refractivity contribution in [3.63, 3.8) is 0 Å². The second-order valence-corrected chi connectivity index (χ2v) is 39.0. The number of fused-ring (bicyclic) bond motifs is 37. The van der Waals surface area contributed by atoms with E-state index in [0.29, 0.717) is 0 Å². The van der Waals surface area contributed by atoms with Crippen LogP contribution in [0.5, 0.6) is 69.0 Å². The molecule has 0 bridgehead atoms. The zero-order chi connectivity index (χ0) is 92.8. The first-order valence-corrected chi connectivity index (χ1v) is 49.2. The van der Waals surface area contributed by atoms with E-state index in [1.165, 1.54) is 183 Å². The molecular weight excluding hydrogens is 1730 g/mol. The Morgan fingerprint density at radius 2 is 0.415 bits per heavy atom. The number of rotatable bonds is 5. The molecule has 11 aliphatic rings. The highest BCUT2D eigenvalue weighted by Gasteiger charge is 2.55. The lowest BCUT2D eigenvalue weighted by molar-refractivity contribution is 0.464. The average Bonchev–Trinajstić information content (AvgIpc) is 1.52. The Balaban J connectivity index is 0.0000000978. The second kappa shape index (κ2) is 30.1. The van der Waals surface area contributed by atoms with Gasteiger partial charge < -0.3 is 28.4 Å². The highest BCUT2D eigenvalue weighted by molar-refractivity contribution is 6.99. The van der Waals surface area contributed by atoms with Crippen LogP contribution >= 0.6 is 0 Å². The minimum Gasteiger partial charge on any atom is -0.458 e. The zero-order valence-electron chi connectivity index (χ0n) is 76.8. The maximum Gasteiger partial charge on any atom is 0.260 e. The molecule has 5 aliphatic carbocycles. The highest BCUT2D eigenvalue weighted by Crippen LogP contribution is 2.67. The third-order valence-electron chi connectivity index (χ3n) is 32.4. The minimum atomic E-state index is -0.488. The van der Waals surface area contributed by atoms with Gasteiger partial charge in [0.2, 0.25) is 0 Å². The van der Waals surface area contributed by atoms with Gasteiger partial charge in [-0.15, -0.1) is 0 Å². The topological polar surface area (TPSA) is 55.4 Å². The van der Waals surface area contributed by atoms with Gasteiger partial charge >= 0.3 is 0 Å². The van der Waals surface area contributed by atoms with E-state index in [0.717, 1.165) is 102 Å². The lowest BCUT2D eigenvalue weighted by atomic mass is 9.35. The highest BCUT2D eigenvalue weighted by atomic mass is 16.5. The van der Waals surface area contributed by atoms with Crippen LogP contribution in [0.2, 0.25) is 0 Å². The third-order valence-corrected chi connectivity index (χ3v) is 32.4. The Bertz CT molecular complexity index is 9060. The van der Waals surface area contributed by atoms with E-state index in [4.69, 9.17) is 28.4 Å². The molecule has 0 unspecified atom stereocenters. The monoisotopic (exact) mass is 1800 g/mol. The number of hydrogen-bond acceptors (Lipinski definition) is 6. The van der Waals surface area contributed by atoms with Gasteiger partial charge in [0, 0.05) is 16.4 Å². The summed E-state index contributed by atoms with van der Waals surface area (Å²) in [6.07, 6.45) is 0. The Morgan fingerprint density at radius 3 is 0.831 bits per heavy atom. The standard InChI is InChI=1S/C47H29BO2.2C43H25BO2/c1-3-14-31(15-4-1)47(32-16-5-2-6-17-32)37-21-10-9-20-35(37)45-34-19-8-7-18-33(34)36(29-38(45)47)30-26-27-42-40(28-30)48-39-22-11-12-23-41(39)49-43-24-13-25-44(50-42)46(43)48;1-4-13-32-28(10-1)29-11-2-5-14-33(29)43(32)34-15-6-3-12-30(34)31-22-20-26(24-35(31)43)27-21-23-39-37(25-27)44-36-16-7-8-17-38(36)45-40-18-9-19-41(46-39)42(40)44;1-4-13-32-28(10-1)29-11-2-5-14-33(29)43(32)34-15-6-3-12-30(34)31-22-20-26(24-35(31)43)27-21-23-37-41(25-27)46-40-19-9-18-39-42(40)44(37)36-16-7-8-17-38(36)45-39/h1-29H;2*1-25H. The molecule has 0 radical (unpaired) electrons. The van der Waals surface area contributed by atoms with Gasteiger partial charge in [-0.25, -0.2) is 0 Å². The normalized spacial score (nSPS) is 14.4. The van der Waals surface area contributed by atoms with E-state index >= 15 is 0 Å². The Kier molecular flexibility index (Phi) is 16.8. The van der Waals surface area contributed by atoms with Crippen LogP contribution < -0.4 is 77.6 Å². The largest absolute Gasteiger partial charge is 0.458 e. The van der Waals surface area contributed by atoms with Gasteiger partial charge in [0.1, 0.15) is 69.0 Å². The van der Waals surface area contributed by atoms with Gasteiger partial charge in [0.15, 0.2) is 0 Å². The molecule has 22 aromatic rings. The molecule has 6 aliphatic heterocycles.